The first-order valence-electron chi connectivity index (χ1n) is 6.44. The Bertz CT molecular complexity index is 653. The Labute approximate surface area is 124 Å². The van der Waals surface area contributed by atoms with Crippen LogP contribution in [0.2, 0.25) is 0 Å². The van der Waals surface area contributed by atoms with Crippen molar-refractivity contribution in [1.29, 1.82) is 0 Å². The van der Waals surface area contributed by atoms with Crippen molar-refractivity contribution in [2.75, 3.05) is 0 Å². The van der Waals surface area contributed by atoms with Crippen LogP contribution in [0.3, 0.4) is 0 Å². The molecule has 0 saturated heterocycles. The fraction of sp³-hybridized carbons (Fsp3) is 0.250. The monoisotopic (exact) mass is 286 g/mol. The van der Waals surface area contributed by atoms with E-state index in [0.29, 0.717) is 17.3 Å². The number of hydrogen-bond acceptors (Lipinski definition) is 3. The summed E-state index contributed by atoms with van der Waals surface area (Å²) in [6.45, 7) is 6.59. The average Bonchev–Trinajstić information content (AvgIpc) is 2.43. The van der Waals surface area contributed by atoms with E-state index in [1.807, 2.05) is 19.1 Å². The molecule has 0 bridgehead atoms. The third kappa shape index (κ3) is 2.96. The summed E-state index contributed by atoms with van der Waals surface area (Å²) < 4.78 is 5.97. The second-order valence-corrected chi connectivity index (χ2v) is 5.26. The highest BCUT2D eigenvalue weighted by molar-refractivity contribution is 7.80. The summed E-state index contributed by atoms with van der Waals surface area (Å²) in [5, 5.41) is 0. The first-order chi connectivity index (χ1) is 9.50. The standard InChI is InChI=1S/C16H18N2OS/c1-10-6-7-11(2)15(12(10)3)19-9-13-5-4-8-18-14(13)16(17)20/h4-8H,9H2,1-3H3,(H2,17,20). The first kappa shape index (κ1) is 14.5. The highest BCUT2D eigenvalue weighted by atomic mass is 32.1. The summed E-state index contributed by atoms with van der Waals surface area (Å²) in [7, 11) is 0. The lowest BCUT2D eigenvalue weighted by Gasteiger charge is -2.15. The van der Waals surface area contributed by atoms with Crippen LogP contribution in [0.5, 0.6) is 5.75 Å². The number of aromatic nitrogens is 1. The molecule has 0 aliphatic heterocycles. The molecule has 1 aromatic heterocycles. The van der Waals surface area contributed by atoms with Crippen molar-refractivity contribution in [2.45, 2.75) is 27.4 Å². The van der Waals surface area contributed by atoms with Crippen molar-refractivity contribution in [3.8, 4) is 5.75 Å². The number of aryl methyl sites for hydroxylation is 2. The molecule has 104 valence electrons. The molecule has 2 aromatic rings. The summed E-state index contributed by atoms with van der Waals surface area (Å²) >= 11 is 5.01. The minimum Gasteiger partial charge on any atom is -0.488 e. The van der Waals surface area contributed by atoms with Crippen LogP contribution in [0.1, 0.15) is 27.9 Å². The largest absolute Gasteiger partial charge is 0.488 e. The Hall–Kier alpha value is -1.94. The van der Waals surface area contributed by atoms with Crippen molar-refractivity contribution in [2.24, 2.45) is 5.73 Å². The van der Waals surface area contributed by atoms with E-state index in [1.54, 1.807) is 6.20 Å². The van der Waals surface area contributed by atoms with E-state index in [2.05, 4.69) is 31.0 Å². The van der Waals surface area contributed by atoms with E-state index in [-0.39, 0.29) is 0 Å². The van der Waals surface area contributed by atoms with Gasteiger partial charge in [-0.05, 0) is 43.5 Å². The summed E-state index contributed by atoms with van der Waals surface area (Å²) in [4.78, 5) is 4.50. The van der Waals surface area contributed by atoms with Crippen LogP contribution in [0.25, 0.3) is 0 Å². The predicted octanol–water partition coefficient (Wildman–Crippen LogP) is 3.22. The minimum atomic E-state index is 0.293. The maximum absolute atomic E-state index is 5.97. The lowest BCUT2D eigenvalue weighted by molar-refractivity contribution is 0.301. The average molecular weight is 286 g/mol. The highest BCUT2D eigenvalue weighted by Gasteiger charge is 2.10. The van der Waals surface area contributed by atoms with Crippen molar-refractivity contribution in [3.05, 3.63) is 58.4 Å². The predicted molar refractivity (Wildman–Crippen MR) is 85.1 cm³/mol. The van der Waals surface area contributed by atoms with Crippen molar-refractivity contribution in [3.63, 3.8) is 0 Å². The smallest absolute Gasteiger partial charge is 0.125 e. The molecule has 4 heteroatoms. The Balaban J connectivity index is 2.26. The van der Waals surface area contributed by atoms with Gasteiger partial charge in [0, 0.05) is 11.8 Å². The number of pyridine rings is 1. The number of ether oxygens (including phenoxy) is 1. The quantitative estimate of drug-likeness (QED) is 0.877. The fourth-order valence-corrected chi connectivity index (χ4v) is 2.26. The third-order valence-electron chi connectivity index (χ3n) is 3.37. The molecule has 1 heterocycles. The van der Waals surface area contributed by atoms with E-state index in [1.165, 1.54) is 5.56 Å². The minimum absolute atomic E-state index is 0.293. The molecule has 0 unspecified atom stereocenters. The molecule has 1 aromatic carbocycles. The molecule has 3 nitrogen and oxygen atoms in total. The molecule has 0 aliphatic rings. The number of benzene rings is 1. The van der Waals surface area contributed by atoms with Gasteiger partial charge in [0.05, 0.1) is 0 Å². The normalized spacial score (nSPS) is 10.3. The van der Waals surface area contributed by atoms with Crippen LogP contribution in [0, 0.1) is 20.8 Å². The first-order valence-corrected chi connectivity index (χ1v) is 6.85. The van der Waals surface area contributed by atoms with Gasteiger partial charge in [-0.3, -0.25) is 4.98 Å². The number of rotatable bonds is 4. The van der Waals surface area contributed by atoms with Crippen LogP contribution >= 0.6 is 12.2 Å². The molecule has 0 aliphatic carbocycles. The lowest BCUT2D eigenvalue weighted by atomic mass is 10.1. The van der Waals surface area contributed by atoms with Crippen molar-refractivity contribution < 1.29 is 4.74 Å². The Morgan fingerprint density at radius 3 is 2.60 bits per heavy atom. The summed E-state index contributed by atoms with van der Waals surface area (Å²) in [6, 6.07) is 7.95. The molecule has 2 N–H and O–H groups in total. The van der Waals surface area contributed by atoms with Crippen LogP contribution in [-0.2, 0) is 6.61 Å². The zero-order chi connectivity index (χ0) is 14.7. The van der Waals surface area contributed by atoms with E-state index in [4.69, 9.17) is 22.7 Å². The molecule has 0 fully saturated rings. The van der Waals surface area contributed by atoms with E-state index >= 15 is 0 Å². The molecule has 0 amide bonds. The number of nitrogens with zero attached hydrogens (tertiary/aromatic N) is 1. The molecule has 0 atom stereocenters. The van der Waals surface area contributed by atoms with Crippen LogP contribution in [0.4, 0.5) is 0 Å². The second kappa shape index (κ2) is 6.01. The van der Waals surface area contributed by atoms with E-state index in [9.17, 15) is 0 Å². The van der Waals surface area contributed by atoms with Gasteiger partial charge in [-0.15, -0.1) is 0 Å². The zero-order valence-corrected chi connectivity index (χ0v) is 12.8. The molecular weight excluding hydrogens is 268 g/mol. The Morgan fingerprint density at radius 1 is 1.20 bits per heavy atom. The van der Waals surface area contributed by atoms with E-state index < -0.39 is 0 Å². The van der Waals surface area contributed by atoms with Gasteiger partial charge < -0.3 is 10.5 Å². The molecule has 2 rings (SSSR count). The Kier molecular flexibility index (Phi) is 4.35. The number of hydrogen-bond donors (Lipinski definition) is 1. The highest BCUT2D eigenvalue weighted by Crippen LogP contribution is 2.26. The van der Waals surface area contributed by atoms with Gasteiger partial charge in [0.2, 0.25) is 0 Å². The summed E-state index contributed by atoms with van der Waals surface area (Å²) in [6.07, 6.45) is 1.68. The van der Waals surface area contributed by atoms with Crippen molar-refractivity contribution >= 4 is 17.2 Å². The van der Waals surface area contributed by atoms with Crippen LogP contribution < -0.4 is 10.5 Å². The second-order valence-electron chi connectivity index (χ2n) is 4.82. The maximum Gasteiger partial charge on any atom is 0.125 e. The van der Waals surface area contributed by atoms with Gasteiger partial charge in [-0.25, -0.2) is 0 Å². The van der Waals surface area contributed by atoms with Gasteiger partial charge >= 0.3 is 0 Å². The molecule has 0 spiro atoms. The molecule has 20 heavy (non-hydrogen) atoms. The fourth-order valence-electron chi connectivity index (χ4n) is 2.07. The van der Waals surface area contributed by atoms with Gasteiger partial charge in [-0.2, -0.15) is 0 Å². The lowest BCUT2D eigenvalue weighted by Crippen LogP contribution is -2.15. The summed E-state index contributed by atoms with van der Waals surface area (Å²) in [5.74, 6) is 0.919. The number of thiocarbonyl (C=S) groups is 1. The van der Waals surface area contributed by atoms with Gasteiger partial charge in [0.25, 0.3) is 0 Å². The van der Waals surface area contributed by atoms with Crippen LogP contribution in [0.15, 0.2) is 30.5 Å². The topological polar surface area (TPSA) is 48.1 Å². The zero-order valence-electron chi connectivity index (χ0n) is 11.9. The van der Waals surface area contributed by atoms with Gasteiger partial charge in [0.1, 0.15) is 23.0 Å². The molecular formula is C16H18N2OS. The van der Waals surface area contributed by atoms with Crippen LogP contribution in [-0.4, -0.2) is 9.97 Å². The summed E-state index contributed by atoms with van der Waals surface area (Å²) in [5.41, 5.74) is 10.7. The molecule has 0 saturated carbocycles. The Morgan fingerprint density at radius 2 is 1.90 bits per heavy atom. The maximum atomic E-state index is 5.97. The third-order valence-corrected chi connectivity index (χ3v) is 3.56. The van der Waals surface area contributed by atoms with Crippen molar-refractivity contribution in [1.82, 2.24) is 4.98 Å². The van der Waals surface area contributed by atoms with E-state index in [0.717, 1.165) is 22.4 Å². The van der Waals surface area contributed by atoms with Gasteiger partial charge in [0.15, 0.2) is 0 Å². The molecule has 0 radical (unpaired) electrons. The SMILES string of the molecule is Cc1ccc(C)c(OCc2cccnc2C(N)=S)c1C. The number of nitrogens with two attached hydrogens (primary N) is 1. The van der Waals surface area contributed by atoms with Gasteiger partial charge in [-0.1, -0.05) is 30.4 Å².